The molecule has 0 saturated carbocycles. The number of phenols is 1. The van der Waals surface area contributed by atoms with Crippen LogP contribution in [-0.4, -0.2) is 17.5 Å². The van der Waals surface area contributed by atoms with Gasteiger partial charge >= 0.3 is 0 Å². The molecule has 0 saturated heterocycles. The Morgan fingerprint density at radius 2 is 1.84 bits per heavy atom. The predicted molar refractivity (Wildman–Crippen MR) is 71.7 cm³/mol. The second-order valence-corrected chi connectivity index (χ2v) is 4.61. The van der Waals surface area contributed by atoms with E-state index in [2.05, 4.69) is 0 Å². The van der Waals surface area contributed by atoms with Crippen LogP contribution in [0.2, 0.25) is 0 Å². The smallest absolute Gasteiger partial charge is 0.174 e. The molecular formula is C16H14O3. The van der Waals surface area contributed by atoms with Crippen molar-refractivity contribution < 1.29 is 14.6 Å². The van der Waals surface area contributed by atoms with Crippen molar-refractivity contribution in [2.24, 2.45) is 0 Å². The fraction of sp³-hybridized carbons (Fsp3) is 0.188. The van der Waals surface area contributed by atoms with Crippen LogP contribution in [0, 0.1) is 0 Å². The van der Waals surface area contributed by atoms with Gasteiger partial charge in [-0.05, 0) is 24.6 Å². The molecule has 1 aliphatic heterocycles. The molecule has 0 aromatic heterocycles. The average molecular weight is 254 g/mol. The number of para-hydroxylation sites is 2. The van der Waals surface area contributed by atoms with Crippen molar-refractivity contribution in [2.75, 3.05) is 6.61 Å². The molecule has 0 bridgehead atoms. The summed E-state index contributed by atoms with van der Waals surface area (Å²) in [5, 5.41) is 9.81. The molecule has 1 atom stereocenters. The normalized spacial score (nSPS) is 17.4. The molecule has 0 aliphatic carbocycles. The van der Waals surface area contributed by atoms with Crippen molar-refractivity contribution in [3.63, 3.8) is 0 Å². The van der Waals surface area contributed by atoms with E-state index in [9.17, 15) is 9.90 Å². The summed E-state index contributed by atoms with van der Waals surface area (Å²) in [5.74, 6) is 0.520. The highest BCUT2D eigenvalue weighted by Gasteiger charge is 2.29. The van der Waals surface area contributed by atoms with Crippen molar-refractivity contribution in [1.82, 2.24) is 0 Å². The van der Waals surface area contributed by atoms with Gasteiger partial charge in [0.1, 0.15) is 11.5 Å². The van der Waals surface area contributed by atoms with Gasteiger partial charge in [-0.15, -0.1) is 0 Å². The molecular weight excluding hydrogens is 240 g/mol. The predicted octanol–water partition coefficient (Wildman–Crippen LogP) is 3.14. The van der Waals surface area contributed by atoms with Gasteiger partial charge in [0, 0.05) is 5.56 Å². The van der Waals surface area contributed by atoms with Crippen molar-refractivity contribution >= 4 is 5.78 Å². The lowest BCUT2D eigenvalue weighted by Gasteiger charge is -2.25. The van der Waals surface area contributed by atoms with E-state index in [-0.39, 0.29) is 17.5 Å². The minimum absolute atomic E-state index is 0.0384. The molecule has 1 aliphatic rings. The fourth-order valence-corrected chi connectivity index (χ4v) is 2.48. The van der Waals surface area contributed by atoms with E-state index in [4.69, 9.17) is 4.74 Å². The first-order valence-electron chi connectivity index (χ1n) is 6.31. The van der Waals surface area contributed by atoms with Crippen LogP contribution in [0.4, 0.5) is 0 Å². The van der Waals surface area contributed by atoms with Gasteiger partial charge in [0.2, 0.25) is 0 Å². The Morgan fingerprint density at radius 3 is 2.68 bits per heavy atom. The number of ether oxygens (including phenoxy) is 1. The molecule has 1 unspecified atom stereocenters. The van der Waals surface area contributed by atoms with Crippen LogP contribution in [0.25, 0.3) is 0 Å². The standard InChI is InChI=1S/C16H14O3/c17-14-7-3-1-6-13(14)16(18)12-9-10-19-15-8-4-2-5-11(12)15/h1-8,12,17H,9-10H2. The third kappa shape index (κ3) is 2.08. The van der Waals surface area contributed by atoms with Crippen molar-refractivity contribution in [2.45, 2.75) is 12.3 Å². The van der Waals surface area contributed by atoms with E-state index in [1.165, 1.54) is 0 Å². The lowest BCUT2D eigenvalue weighted by atomic mass is 9.86. The van der Waals surface area contributed by atoms with Crippen LogP contribution >= 0.6 is 0 Å². The minimum atomic E-state index is -0.238. The van der Waals surface area contributed by atoms with Crippen LogP contribution in [0.1, 0.15) is 28.3 Å². The Balaban J connectivity index is 2.00. The largest absolute Gasteiger partial charge is 0.507 e. The van der Waals surface area contributed by atoms with Crippen LogP contribution in [0.5, 0.6) is 11.5 Å². The van der Waals surface area contributed by atoms with E-state index < -0.39 is 0 Å². The van der Waals surface area contributed by atoms with E-state index >= 15 is 0 Å². The van der Waals surface area contributed by atoms with Crippen LogP contribution in [-0.2, 0) is 0 Å². The number of carbonyl (C=O) groups excluding carboxylic acids is 1. The van der Waals surface area contributed by atoms with Gasteiger partial charge in [0.15, 0.2) is 5.78 Å². The molecule has 96 valence electrons. The number of benzene rings is 2. The molecule has 1 N–H and O–H groups in total. The first-order chi connectivity index (χ1) is 9.27. The molecule has 3 heteroatoms. The van der Waals surface area contributed by atoms with E-state index in [0.29, 0.717) is 18.6 Å². The monoisotopic (exact) mass is 254 g/mol. The third-order valence-corrected chi connectivity index (χ3v) is 3.44. The number of Topliss-reactive ketones (excluding diaryl/α,β-unsaturated/α-hetero) is 1. The van der Waals surface area contributed by atoms with Crippen molar-refractivity contribution in [3.8, 4) is 11.5 Å². The van der Waals surface area contributed by atoms with Gasteiger partial charge in [0.05, 0.1) is 18.1 Å². The summed E-state index contributed by atoms with van der Waals surface area (Å²) >= 11 is 0. The van der Waals surface area contributed by atoms with Gasteiger partial charge in [0.25, 0.3) is 0 Å². The summed E-state index contributed by atoms with van der Waals surface area (Å²) in [6, 6.07) is 14.3. The van der Waals surface area contributed by atoms with E-state index in [1.54, 1.807) is 24.3 Å². The quantitative estimate of drug-likeness (QED) is 0.837. The lowest BCUT2D eigenvalue weighted by Crippen LogP contribution is -2.21. The topological polar surface area (TPSA) is 46.5 Å². The summed E-state index contributed by atoms with van der Waals surface area (Å²) < 4.78 is 5.56. The number of fused-ring (bicyclic) bond motifs is 1. The highest BCUT2D eigenvalue weighted by molar-refractivity contribution is 6.03. The van der Waals surface area contributed by atoms with Crippen LogP contribution in [0.3, 0.4) is 0 Å². The van der Waals surface area contributed by atoms with Crippen molar-refractivity contribution in [3.05, 3.63) is 59.7 Å². The highest BCUT2D eigenvalue weighted by Crippen LogP contribution is 2.36. The van der Waals surface area contributed by atoms with Gasteiger partial charge in [-0.1, -0.05) is 30.3 Å². The number of hydrogen-bond acceptors (Lipinski definition) is 3. The molecule has 2 aromatic rings. The molecule has 0 radical (unpaired) electrons. The van der Waals surface area contributed by atoms with E-state index in [0.717, 1.165) is 11.3 Å². The number of aromatic hydroxyl groups is 1. The first-order valence-corrected chi connectivity index (χ1v) is 6.31. The molecule has 3 nitrogen and oxygen atoms in total. The van der Waals surface area contributed by atoms with Gasteiger partial charge < -0.3 is 9.84 Å². The van der Waals surface area contributed by atoms with Crippen molar-refractivity contribution in [1.29, 1.82) is 0 Å². The lowest BCUT2D eigenvalue weighted by molar-refractivity contribution is 0.0930. The summed E-state index contributed by atoms with van der Waals surface area (Å²) in [6.45, 7) is 0.529. The first kappa shape index (κ1) is 11.8. The number of carbonyl (C=O) groups is 1. The second kappa shape index (κ2) is 4.76. The van der Waals surface area contributed by atoms with Crippen LogP contribution in [0.15, 0.2) is 48.5 Å². The zero-order valence-electron chi connectivity index (χ0n) is 10.4. The third-order valence-electron chi connectivity index (χ3n) is 3.44. The van der Waals surface area contributed by atoms with Gasteiger partial charge in [-0.3, -0.25) is 4.79 Å². The van der Waals surface area contributed by atoms with Crippen LogP contribution < -0.4 is 4.74 Å². The molecule has 2 aromatic carbocycles. The molecule has 0 fully saturated rings. The van der Waals surface area contributed by atoms with Gasteiger partial charge in [-0.25, -0.2) is 0 Å². The zero-order chi connectivity index (χ0) is 13.2. The minimum Gasteiger partial charge on any atom is -0.507 e. The maximum absolute atomic E-state index is 12.6. The highest BCUT2D eigenvalue weighted by atomic mass is 16.5. The summed E-state index contributed by atoms with van der Waals surface area (Å²) in [7, 11) is 0. The van der Waals surface area contributed by atoms with E-state index in [1.807, 2.05) is 24.3 Å². The summed E-state index contributed by atoms with van der Waals surface area (Å²) in [6.07, 6.45) is 0.643. The summed E-state index contributed by atoms with van der Waals surface area (Å²) in [4.78, 5) is 12.6. The number of phenolic OH excluding ortho intramolecular Hbond substituents is 1. The molecule has 19 heavy (non-hydrogen) atoms. The molecule has 0 spiro atoms. The Hall–Kier alpha value is -2.29. The Labute approximate surface area is 111 Å². The average Bonchev–Trinajstić information content (AvgIpc) is 2.46. The Bertz CT molecular complexity index is 619. The molecule has 0 amide bonds. The maximum Gasteiger partial charge on any atom is 0.174 e. The summed E-state index contributed by atoms with van der Waals surface area (Å²) in [5.41, 5.74) is 1.28. The fourth-order valence-electron chi connectivity index (χ4n) is 2.48. The zero-order valence-corrected chi connectivity index (χ0v) is 10.4. The number of ketones is 1. The Morgan fingerprint density at radius 1 is 1.11 bits per heavy atom. The number of rotatable bonds is 2. The maximum atomic E-state index is 12.6. The Kier molecular flexibility index (Phi) is 2.95. The van der Waals surface area contributed by atoms with Gasteiger partial charge in [-0.2, -0.15) is 0 Å². The molecule has 3 rings (SSSR count). The molecule has 1 heterocycles. The SMILES string of the molecule is O=C(c1ccccc1O)C1CCOc2ccccc21. The number of hydrogen-bond donors (Lipinski definition) is 1. The second-order valence-electron chi connectivity index (χ2n) is 4.61.